The molecule has 10 nitrogen and oxygen atoms in total. The molecule has 0 unspecified atom stereocenters. The highest BCUT2D eigenvalue weighted by molar-refractivity contribution is 7.17. The third kappa shape index (κ3) is 4.16. The number of thiophene rings is 1. The lowest BCUT2D eigenvalue weighted by molar-refractivity contribution is -0.122. The number of nitrogens with zero attached hydrogens (tertiary/aromatic N) is 5. The second-order valence-electron chi connectivity index (χ2n) is 9.63. The molecule has 1 amide bonds. The summed E-state index contributed by atoms with van der Waals surface area (Å²) >= 11 is 1.43. The lowest BCUT2D eigenvalue weighted by Gasteiger charge is -2.24. The van der Waals surface area contributed by atoms with Crippen molar-refractivity contribution in [1.29, 1.82) is 0 Å². The van der Waals surface area contributed by atoms with Crippen LogP contribution in [0.3, 0.4) is 0 Å². The topological polar surface area (TPSA) is 142 Å². The first-order valence-corrected chi connectivity index (χ1v) is 13.4. The van der Waals surface area contributed by atoms with Crippen molar-refractivity contribution in [3.05, 3.63) is 60.0 Å². The molecule has 0 saturated heterocycles. The third-order valence-electron chi connectivity index (χ3n) is 7.06. The Morgan fingerprint density at radius 1 is 1.03 bits per heavy atom. The molecule has 1 aliphatic rings. The van der Waals surface area contributed by atoms with E-state index in [1.807, 2.05) is 30.3 Å². The van der Waals surface area contributed by atoms with E-state index in [0.717, 1.165) is 46.2 Å². The fraction of sp³-hybridized carbons (Fsp3) is 0.179. The highest BCUT2D eigenvalue weighted by Gasteiger charge is 2.25. The molecule has 1 saturated carbocycles. The summed E-state index contributed by atoms with van der Waals surface area (Å²) in [5.41, 5.74) is 5.77. The van der Waals surface area contributed by atoms with Crippen LogP contribution in [0, 0.1) is 5.92 Å². The van der Waals surface area contributed by atoms with E-state index in [2.05, 4.69) is 35.5 Å². The molecule has 0 bridgehead atoms. The molecule has 3 N–H and O–H groups in total. The third-order valence-corrected chi connectivity index (χ3v) is 8.28. The van der Waals surface area contributed by atoms with Crippen LogP contribution in [-0.2, 0) is 4.79 Å². The second-order valence-corrected chi connectivity index (χ2v) is 10.7. The van der Waals surface area contributed by atoms with E-state index in [4.69, 9.17) is 4.98 Å². The quantitative estimate of drug-likeness (QED) is 0.235. The maximum Gasteiger partial charge on any atom is 0.227 e. The van der Waals surface area contributed by atoms with Crippen molar-refractivity contribution in [2.45, 2.75) is 26.2 Å². The summed E-state index contributed by atoms with van der Waals surface area (Å²) < 4.78 is 0. The summed E-state index contributed by atoms with van der Waals surface area (Å²) in [5.74, 6) is 0.726. The molecule has 6 heterocycles. The van der Waals surface area contributed by atoms with Crippen LogP contribution in [0.2, 0.25) is 0 Å². The van der Waals surface area contributed by atoms with Crippen LogP contribution in [0.15, 0.2) is 55.1 Å². The van der Waals surface area contributed by atoms with Crippen LogP contribution in [0.25, 0.3) is 55.3 Å². The monoisotopic (exact) mass is 534 g/mol. The minimum absolute atomic E-state index is 0.0343. The summed E-state index contributed by atoms with van der Waals surface area (Å²) in [6.45, 7) is 1.56. The lowest BCUT2D eigenvalue weighted by Crippen LogP contribution is -2.28. The first-order chi connectivity index (χ1) is 19.0. The molecule has 6 aromatic heterocycles. The molecule has 0 aliphatic heterocycles. The van der Waals surface area contributed by atoms with Crippen LogP contribution in [0.1, 0.15) is 35.9 Å². The standard InChI is InChI=1S/C28H22N8O2S/c1-14(37)21-5-6-22(39-21)19-7-8-30-26-23(19)33-27(34-26)24-20-10-17(12-31-25(20)36-35-24)16-9-18(13-29-11-16)32-28(38)15-3-2-4-15/h5-13,15H,2-4H2,1H3,(H,32,38)(H,30,33,34)(H,31,35,36). The Kier molecular flexibility index (Phi) is 5.51. The predicted molar refractivity (Wildman–Crippen MR) is 149 cm³/mol. The number of carbonyl (C=O) groups excluding carboxylic acids is 2. The van der Waals surface area contributed by atoms with Gasteiger partial charge in [-0.25, -0.2) is 15.0 Å². The van der Waals surface area contributed by atoms with Gasteiger partial charge in [-0.2, -0.15) is 5.10 Å². The first kappa shape index (κ1) is 23.4. The van der Waals surface area contributed by atoms with E-state index in [1.165, 1.54) is 11.3 Å². The number of aromatic amines is 2. The van der Waals surface area contributed by atoms with E-state index in [0.29, 0.717) is 38.9 Å². The molecule has 39 heavy (non-hydrogen) atoms. The van der Waals surface area contributed by atoms with Crippen LogP contribution >= 0.6 is 11.3 Å². The fourth-order valence-electron chi connectivity index (χ4n) is 4.72. The van der Waals surface area contributed by atoms with Crippen molar-refractivity contribution in [1.82, 2.24) is 35.1 Å². The van der Waals surface area contributed by atoms with Gasteiger partial charge >= 0.3 is 0 Å². The van der Waals surface area contributed by atoms with Crippen molar-refractivity contribution in [3.8, 4) is 33.1 Å². The summed E-state index contributed by atoms with van der Waals surface area (Å²) in [5, 5.41) is 11.2. The number of carbonyl (C=O) groups is 2. The van der Waals surface area contributed by atoms with Crippen molar-refractivity contribution >= 4 is 50.9 Å². The van der Waals surface area contributed by atoms with E-state index >= 15 is 0 Å². The number of hydrogen-bond donors (Lipinski definition) is 3. The van der Waals surface area contributed by atoms with Crippen molar-refractivity contribution in [2.24, 2.45) is 5.92 Å². The Hall–Kier alpha value is -4.77. The molecule has 7 rings (SSSR count). The van der Waals surface area contributed by atoms with Crippen LogP contribution in [0.4, 0.5) is 5.69 Å². The van der Waals surface area contributed by atoms with Gasteiger partial charge in [0, 0.05) is 46.1 Å². The number of imidazole rings is 1. The zero-order chi connectivity index (χ0) is 26.5. The zero-order valence-corrected chi connectivity index (χ0v) is 21.7. The number of ketones is 1. The van der Waals surface area contributed by atoms with Crippen LogP contribution in [-0.4, -0.2) is 46.8 Å². The minimum atomic E-state index is 0.0343. The van der Waals surface area contributed by atoms with Crippen LogP contribution < -0.4 is 5.32 Å². The van der Waals surface area contributed by atoms with Gasteiger partial charge in [-0.1, -0.05) is 6.42 Å². The molecular weight excluding hydrogens is 512 g/mol. The predicted octanol–water partition coefficient (Wildman–Crippen LogP) is 5.63. The minimum Gasteiger partial charge on any atom is -0.324 e. The number of anilines is 1. The summed E-state index contributed by atoms with van der Waals surface area (Å²) in [6, 6.07) is 9.55. The Bertz CT molecular complexity index is 1900. The van der Waals surface area contributed by atoms with Gasteiger partial charge in [0.1, 0.15) is 11.2 Å². The van der Waals surface area contributed by atoms with E-state index < -0.39 is 0 Å². The molecule has 0 radical (unpaired) electrons. The maximum absolute atomic E-state index is 12.4. The SMILES string of the molecule is CC(=O)c1ccc(-c2ccnc3[nH]c(-c4n[nH]c5ncc(-c6cncc(NC(=O)C7CCC7)c6)cc45)nc23)s1. The molecule has 0 aromatic carbocycles. The molecule has 11 heteroatoms. The summed E-state index contributed by atoms with van der Waals surface area (Å²) in [6.07, 6.45) is 9.85. The highest BCUT2D eigenvalue weighted by Crippen LogP contribution is 2.35. The second kappa shape index (κ2) is 9.21. The molecule has 0 spiro atoms. The van der Waals surface area contributed by atoms with Gasteiger partial charge in [0.25, 0.3) is 0 Å². The lowest BCUT2D eigenvalue weighted by atomic mass is 9.85. The van der Waals surface area contributed by atoms with Gasteiger partial charge in [0.15, 0.2) is 22.9 Å². The van der Waals surface area contributed by atoms with Gasteiger partial charge in [0.2, 0.25) is 5.91 Å². The van der Waals surface area contributed by atoms with Crippen molar-refractivity contribution in [3.63, 3.8) is 0 Å². The van der Waals surface area contributed by atoms with Crippen molar-refractivity contribution < 1.29 is 9.59 Å². The van der Waals surface area contributed by atoms with E-state index in [9.17, 15) is 9.59 Å². The Morgan fingerprint density at radius 2 is 1.90 bits per heavy atom. The number of aromatic nitrogens is 7. The maximum atomic E-state index is 12.4. The molecule has 192 valence electrons. The molecule has 6 aromatic rings. The summed E-state index contributed by atoms with van der Waals surface area (Å²) in [4.78, 5) is 47.4. The first-order valence-electron chi connectivity index (χ1n) is 12.6. The average molecular weight is 535 g/mol. The number of nitrogens with one attached hydrogen (secondary N) is 3. The Labute approximate surface area is 226 Å². The zero-order valence-electron chi connectivity index (χ0n) is 20.9. The van der Waals surface area contributed by atoms with Gasteiger partial charge < -0.3 is 10.3 Å². The van der Waals surface area contributed by atoms with Crippen LogP contribution in [0.5, 0.6) is 0 Å². The number of Topliss-reactive ketones (excluding diaryl/α,β-unsaturated/α-hetero) is 1. The van der Waals surface area contributed by atoms with Gasteiger partial charge in [-0.3, -0.25) is 19.7 Å². The van der Waals surface area contributed by atoms with Gasteiger partial charge in [-0.05, 0) is 50.1 Å². The molecule has 0 atom stereocenters. The number of fused-ring (bicyclic) bond motifs is 2. The smallest absolute Gasteiger partial charge is 0.227 e. The van der Waals surface area contributed by atoms with Gasteiger partial charge in [-0.15, -0.1) is 11.3 Å². The van der Waals surface area contributed by atoms with E-state index in [-0.39, 0.29) is 17.6 Å². The van der Waals surface area contributed by atoms with Gasteiger partial charge in [0.05, 0.1) is 22.1 Å². The molecular formula is C28H22N8O2S. The summed E-state index contributed by atoms with van der Waals surface area (Å²) in [7, 11) is 0. The van der Waals surface area contributed by atoms with E-state index in [1.54, 1.807) is 31.7 Å². The number of H-pyrrole nitrogens is 2. The van der Waals surface area contributed by atoms with Crippen molar-refractivity contribution in [2.75, 3.05) is 5.32 Å². The number of hydrogen-bond acceptors (Lipinski definition) is 8. The Morgan fingerprint density at radius 3 is 2.69 bits per heavy atom. The average Bonchev–Trinajstić information content (AvgIpc) is 3.65. The molecule has 1 aliphatic carbocycles. The fourth-order valence-corrected chi connectivity index (χ4v) is 5.64. The largest absolute Gasteiger partial charge is 0.324 e. The molecule has 1 fully saturated rings. The number of pyridine rings is 3. The normalized spacial score (nSPS) is 13.6. The Balaban J connectivity index is 1.25. The highest BCUT2D eigenvalue weighted by atomic mass is 32.1. The number of rotatable bonds is 6. The number of amides is 1.